The molecular weight excluding hydrogens is 348 g/mol. The molecule has 3 heterocycles. The van der Waals surface area contributed by atoms with Crippen LogP contribution < -0.4 is 10.2 Å². The number of thioether (sulfide) groups is 1. The molecule has 26 heavy (non-hydrogen) atoms. The summed E-state index contributed by atoms with van der Waals surface area (Å²) < 4.78 is 1.87. The lowest BCUT2D eigenvalue weighted by Gasteiger charge is -2.18. The molecule has 1 aliphatic rings. The first-order valence-corrected chi connectivity index (χ1v) is 10.3. The number of hydrogen-bond acceptors (Lipinski definition) is 6. The minimum atomic E-state index is -0.387. The lowest BCUT2D eigenvalue weighted by molar-refractivity contribution is -0.128. The Kier molecular flexibility index (Phi) is 5.70. The van der Waals surface area contributed by atoms with Gasteiger partial charge in [0.1, 0.15) is 5.82 Å². The van der Waals surface area contributed by atoms with Crippen molar-refractivity contribution in [1.82, 2.24) is 25.1 Å². The van der Waals surface area contributed by atoms with Gasteiger partial charge in [-0.05, 0) is 18.6 Å². The van der Waals surface area contributed by atoms with E-state index in [1.165, 1.54) is 12.8 Å². The highest BCUT2D eigenvalue weighted by atomic mass is 32.2. The van der Waals surface area contributed by atoms with Crippen molar-refractivity contribution in [2.45, 2.75) is 52.2 Å². The first kappa shape index (κ1) is 18.9. The summed E-state index contributed by atoms with van der Waals surface area (Å²) in [6, 6.07) is 0. The van der Waals surface area contributed by atoms with E-state index < -0.39 is 0 Å². The number of nitrogens with one attached hydrogen (secondary N) is 1. The van der Waals surface area contributed by atoms with Gasteiger partial charge in [0.25, 0.3) is 0 Å². The Bertz CT molecular complexity index is 776. The van der Waals surface area contributed by atoms with Crippen LogP contribution in [0.4, 0.5) is 5.82 Å². The van der Waals surface area contributed by atoms with Gasteiger partial charge in [-0.2, -0.15) is 5.10 Å². The summed E-state index contributed by atoms with van der Waals surface area (Å²) >= 11 is 1.65. The van der Waals surface area contributed by atoms with Gasteiger partial charge in [-0.15, -0.1) is 0 Å². The zero-order chi connectivity index (χ0) is 18.7. The second-order valence-electron chi connectivity index (χ2n) is 7.57. The molecule has 0 aromatic carbocycles. The van der Waals surface area contributed by atoms with Crippen LogP contribution in [0.5, 0.6) is 0 Å². The maximum atomic E-state index is 12.0. The summed E-state index contributed by atoms with van der Waals surface area (Å²) in [7, 11) is 0. The summed E-state index contributed by atoms with van der Waals surface area (Å²) in [6.07, 6.45) is 4.26. The second-order valence-corrected chi connectivity index (χ2v) is 8.80. The van der Waals surface area contributed by atoms with Crippen LogP contribution in [0.2, 0.25) is 0 Å². The van der Waals surface area contributed by atoms with Crippen molar-refractivity contribution in [2.75, 3.05) is 30.3 Å². The lowest BCUT2D eigenvalue weighted by Crippen LogP contribution is -2.36. The monoisotopic (exact) mass is 376 g/mol. The quantitative estimate of drug-likeness (QED) is 0.617. The summed E-state index contributed by atoms with van der Waals surface area (Å²) in [5.41, 5.74) is 0.463. The van der Waals surface area contributed by atoms with Crippen LogP contribution in [0, 0.1) is 5.41 Å². The number of carbonyl (C=O) groups excluding carboxylic acids is 1. The molecular formula is C18H28N6OS. The molecule has 0 saturated carbocycles. The van der Waals surface area contributed by atoms with Gasteiger partial charge in [0.15, 0.2) is 10.8 Å². The SMILES string of the molecule is CCSc1nc(N2CCCC2)c2cnn(CCNC(=O)C(C)(C)C)c2n1. The van der Waals surface area contributed by atoms with Crippen molar-refractivity contribution >= 4 is 34.5 Å². The fraction of sp³-hybridized carbons (Fsp3) is 0.667. The largest absolute Gasteiger partial charge is 0.356 e. The molecule has 0 atom stereocenters. The molecule has 1 amide bonds. The Hall–Kier alpha value is -1.83. The van der Waals surface area contributed by atoms with E-state index in [-0.39, 0.29) is 11.3 Å². The van der Waals surface area contributed by atoms with Gasteiger partial charge in [-0.1, -0.05) is 39.5 Å². The Morgan fingerprint density at radius 2 is 2.00 bits per heavy atom. The molecule has 0 unspecified atom stereocenters. The van der Waals surface area contributed by atoms with Gasteiger partial charge in [-0.25, -0.2) is 14.6 Å². The topological polar surface area (TPSA) is 75.9 Å². The van der Waals surface area contributed by atoms with Crippen molar-refractivity contribution in [1.29, 1.82) is 0 Å². The summed E-state index contributed by atoms with van der Waals surface area (Å²) in [5.74, 6) is 1.97. The predicted molar refractivity (Wildman–Crippen MR) is 106 cm³/mol. The number of anilines is 1. The smallest absolute Gasteiger partial charge is 0.225 e. The van der Waals surface area contributed by atoms with Crippen molar-refractivity contribution in [3.05, 3.63) is 6.20 Å². The molecule has 142 valence electrons. The Morgan fingerprint density at radius 3 is 2.65 bits per heavy atom. The van der Waals surface area contributed by atoms with Gasteiger partial charge in [0.05, 0.1) is 18.1 Å². The second kappa shape index (κ2) is 7.82. The Balaban J connectivity index is 1.83. The average molecular weight is 377 g/mol. The molecule has 1 fully saturated rings. The van der Waals surface area contributed by atoms with E-state index >= 15 is 0 Å². The molecule has 0 radical (unpaired) electrons. The molecule has 1 aliphatic heterocycles. The summed E-state index contributed by atoms with van der Waals surface area (Å²) in [5, 5.41) is 9.28. The van der Waals surface area contributed by atoms with Gasteiger partial charge >= 0.3 is 0 Å². The summed E-state index contributed by atoms with van der Waals surface area (Å²) in [4.78, 5) is 23.9. The van der Waals surface area contributed by atoms with E-state index in [2.05, 4.69) is 22.2 Å². The Labute approximate surface area is 158 Å². The average Bonchev–Trinajstić information content (AvgIpc) is 3.24. The van der Waals surface area contributed by atoms with E-state index in [1.807, 2.05) is 31.6 Å². The Morgan fingerprint density at radius 1 is 1.27 bits per heavy atom. The maximum absolute atomic E-state index is 12.0. The molecule has 3 rings (SSSR count). The van der Waals surface area contributed by atoms with Crippen LogP contribution in [-0.2, 0) is 11.3 Å². The predicted octanol–water partition coefficient (Wildman–Crippen LogP) is 2.70. The number of fused-ring (bicyclic) bond motifs is 1. The van der Waals surface area contributed by atoms with Gasteiger partial charge < -0.3 is 10.2 Å². The molecule has 8 heteroatoms. The van der Waals surface area contributed by atoms with E-state index in [1.54, 1.807) is 11.8 Å². The minimum absolute atomic E-state index is 0.0450. The van der Waals surface area contributed by atoms with E-state index in [4.69, 9.17) is 9.97 Å². The van der Waals surface area contributed by atoms with E-state index in [0.717, 1.165) is 40.9 Å². The molecule has 0 bridgehead atoms. The zero-order valence-corrected chi connectivity index (χ0v) is 16.9. The van der Waals surface area contributed by atoms with Crippen LogP contribution in [0.1, 0.15) is 40.5 Å². The van der Waals surface area contributed by atoms with Crippen LogP contribution in [0.15, 0.2) is 11.4 Å². The highest BCUT2D eigenvalue weighted by Gasteiger charge is 2.22. The molecule has 0 spiro atoms. The number of aromatic nitrogens is 4. The van der Waals surface area contributed by atoms with Crippen molar-refractivity contribution < 1.29 is 4.79 Å². The number of nitrogens with zero attached hydrogens (tertiary/aromatic N) is 5. The number of hydrogen-bond donors (Lipinski definition) is 1. The van der Waals surface area contributed by atoms with Crippen LogP contribution in [0.25, 0.3) is 11.0 Å². The third kappa shape index (κ3) is 4.11. The standard InChI is InChI=1S/C18H28N6OS/c1-5-26-17-21-14(23-9-6-7-10-23)13-12-20-24(15(13)22-17)11-8-19-16(25)18(2,3)4/h12H,5-11H2,1-4H3,(H,19,25). The number of carbonyl (C=O) groups is 1. The van der Waals surface area contributed by atoms with Crippen LogP contribution >= 0.6 is 11.8 Å². The van der Waals surface area contributed by atoms with Crippen molar-refractivity contribution in [3.63, 3.8) is 0 Å². The first-order valence-electron chi connectivity index (χ1n) is 9.29. The highest BCUT2D eigenvalue weighted by molar-refractivity contribution is 7.99. The van der Waals surface area contributed by atoms with Gasteiger partial charge in [-0.3, -0.25) is 4.79 Å². The van der Waals surface area contributed by atoms with E-state index in [0.29, 0.717) is 13.1 Å². The molecule has 0 aliphatic carbocycles. The van der Waals surface area contributed by atoms with Crippen molar-refractivity contribution in [3.8, 4) is 0 Å². The molecule has 1 saturated heterocycles. The first-order chi connectivity index (χ1) is 12.4. The van der Waals surface area contributed by atoms with Crippen molar-refractivity contribution in [2.24, 2.45) is 5.41 Å². The van der Waals surface area contributed by atoms with E-state index in [9.17, 15) is 4.79 Å². The minimum Gasteiger partial charge on any atom is -0.356 e. The molecule has 1 N–H and O–H groups in total. The third-order valence-corrected chi connectivity index (χ3v) is 5.15. The highest BCUT2D eigenvalue weighted by Crippen LogP contribution is 2.29. The fourth-order valence-corrected chi connectivity index (χ4v) is 3.55. The zero-order valence-electron chi connectivity index (χ0n) is 16.1. The summed E-state index contributed by atoms with van der Waals surface area (Å²) in [6.45, 7) is 11.0. The number of rotatable bonds is 6. The maximum Gasteiger partial charge on any atom is 0.225 e. The van der Waals surface area contributed by atoms with Gasteiger partial charge in [0.2, 0.25) is 5.91 Å². The molecule has 2 aromatic rings. The number of amides is 1. The normalized spacial score (nSPS) is 15.0. The molecule has 7 nitrogen and oxygen atoms in total. The third-order valence-electron chi connectivity index (χ3n) is 4.42. The van der Waals surface area contributed by atoms with Gasteiger partial charge in [0, 0.05) is 25.0 Å². The fourth-order valence-electron chi connectivity index (χ4n) is 2.99. The van der Waals surface area contributed by atoms with Crippen LogP contribution in [-0.4, -0.2) is 51.0 Å². The lowest BCUT2D eigenvalue weighted by atomic mass is 9.96. The van der Waals surface area contributed by atoms with Crippen LogP contribution in [0.3, 0.4) is 0 Å². The molecule has 2 aromatic heterocycles.